The largest absolute Gasteiger partial charge is 0.326 e. The van der Waals surface area contributed by atoms with E-state index in [0.717, 1.165) is 5.69 Å². The van der Waals surface area contributed by atoms with Crippen LogP contribution in [0.25, 0.3) is 0 Å². The third kappa shape index (κ3) is 4.54. The highest BCUT2D eigenvalue weighted by Crippen LogP contribution is 2.23. The Labute approximate surface area is 139 Å². The SMILES string of the molecule is CCS(=O)(=O)N1CCC(C(=O)Nc2cccc(C(C)C)c2)CC1. The molecule has 1 fully saturated rings. The molecule has 0 aliphatic carbocycles. The molecule has 1 heterocycles. The Bertz CT molecular complexity index is 648. The molecular formula is C17H26N2O3S. The first-order chi connectivity index (χ1) is 10.8. The highest BCUT2D eigenvalue weighted by molar-refractivity contribution is 7.89. The molecule has 1 aliphatic heterocycles. The molecule has 0 radical (unpaired) electrons. The van der Waals surface area contributed by atoms with Gasteiger partial charge in [-0.2, -0.15) is 0 Å². The van der Waals surface area contributed by atoms with Gasteiger partial charge in [-0.15, -0.1) is 0 Å². The Morgan fingerprint density at radius 2 is 1.96 bits per heavy atom. The van der Waals surface area contributed by atoms with E-state index in [9.17, 15) is 13.2 Å². The number of hydrogen-bond donors (Lipinski definition) is 1. The van der Waals surface area contributed by atoms with Gasteiger partial charge in [-0.3, -0.25) is 4.79 Å². The van der Waals surface area contributed by atoms with E-state index in [-0.39, 0.29) is 17.6 Å². The number of amides is 1. The number of piperidine rings is 1. The van der Waals surface area contributed by atoms with Crippen molar-refractivity contribution in [1.82, 2.24) is 4.31 Å². The molecule has 0 unspecified atom stereocenters. The van der Waals surface area contributed by atoms with Crippen molar-refractivity contribution in [1.29, 1.82) is 0 Å². The maximum absolute atomic E-state index is 12.4. The number of nitrogens with one attached hydrogen (secondary N) is 1. The first kappa shape index (κ1) is 17.9. The highest BCUT2D eigenvalue weighted by atomic mass is 32.2. The standard InChI is InChI=1S/C17H26N2O3S/c1-4-23(21,22)19-10-8-14(9-11-19)17(20)18-16-7-5-6-15(12-16)13(2)3/h5-7,12-14H,4,8-11H2,1-3H3,(H,18,20). The molecule has 0 atom stereocenters. The summed E-state index contributed by atoms with van der Waals surface area (Å²) in [7, 11) is -3.14. The fourth-order valence-electron chi connectivity index (χ4n) is 2.80. The van der Waals surface area contributed by atoms with Crippen molar-refractivity contribution in [2.75, 3.05) is 24.2 Å². The molecule has 1 aliphatic rings. The second kappa shape index (κ2) is 7.45. The van der Waals surface area contributed by atoms with Gasteiger partial charge in [0.25, 0.3) is 0 Å². The quantitative estimate of drug-likeness (QED) is 0.898. The van der Waals surface area contributed by atoms with Crippen LogP contribution in [-0.2, 0) is 14.8 Å². The van der Waals surface area contributed by atoms with E-state index in [2.05, 4.69) is 25.2 Å². The molecule has 0 saturated carbocycles. The molecule has 1 aromatic carbocycles. The van der Waals surface area contributed by atoms with Crippen molar-refractivity contribution < 1.29 is 13.2 Å². The van der Waals surface area contributed by atoms with Crippen LogP contribution in [0.1, 0.15) is 45.1 Å². The Hall–Kier alpha value is -1.40. The van der Waals surface area contributed by atoms with Crippen molar-refractivity contribution in [3.63, 3.8) is 0 Å². The van der Waals surface area contributed by atoms with Crippen LogP contribution >= 0.6 is 0 Å². The van der Waals surface area contributed by atoms with Crippen LogP contribution in [0.15, 0.2) is 24.3 Å². The lowest BCUT2D eigenvalue weighted by Crippen LogP contribution is -2.42. The van der Waals surface area contributed by atoms with Crippen LogP contribution in [0.5, 0.6) is 0 Å². The lowest BCUT2D eigenvalue weighted by Gasteiger charge is -2.30. The van der Waals surface area contributed by atoms with Gasteiger partial charge in [-0.25, -0.2) is 12.7 Å². The second-order valence-electron chi connectivity index (χ2n) is 6.34. The summed E-state index contributed by atoms with van der Waals surface area (Å²) in [6, 6.07) is 7.88. The van der Waals surface area contributed by atoms with Gasteiger partial charge in [0.15, 0.2) is 0 Å². The average molecular weight is 338 g/mol. The summed E-state index contributed by atoms with van der Waals surface area (Å²) in [5.41, 5.74) is 2.00. The van der Waals surface area contributed by atoms with E-state index in [4.69, 9.17) is 0 Å². The van der Waals surface area contributed by atoms with Crippen LogP contribution < -0.4 is 5.32 Å². The van der Waals surface area contributed by atoms with Gasteiger partial charge in [-0.05, 0) is 43.4 Å². The Balaban J connectivity index is 1.94. The number of nitrogens with zero attached hydrogens (tertiary/aromatic N) is 1. The summed E-state index contributed by atoms with van der Waals surface area (Å²) < 4.78 is 25.2. The molecular weight excluding hydrogens is 312 g/mol. The van der Waals surface area contributed by atoms with E-state index in [0.29, 0.717) is 31.8 Å². The van der Waals surface area contributed by atoms with Crippen LogP contribution in [0, 0.1) is 5.92 Å². The number of sulfonamides is 1. The predicted molar refractivity (Wildman–Crippen MR) is 92.9 cm³/mol. The molecule has 1 amide bonds. The van der Waals surface area contributed by atoms with E-state index < -0.39 is 10.0 Å². The number of carbonyl (C=O) groups is 1. The van der Waals surface area contributed by atoms with Crippen LogP contribution in [0.3, 0.4) is 0 Å². The highest BCUT2D eigenvalue weighted by Gasteiger charge is 2.30. The molecule has 2 rings (SSSR count). The molecule has 1 aromatic rings. The maximum Gasteiger partial charge on any atom is 0.227 e. The lowest BCUT2D eigenvalue weighted by molar-refractivity contribution is -0.120. The van der Waals surface area contributed by atoms with Gasteiger partial charge < -0.3 is 5.32 Å². The summed E-state index contributed by atoms with van der Waals surface area (Å²) in [6.07, 6.45) is 1.16. The number of benzene rings is 1. The smallest absolute Gasteiger partial charge is 0.227 e. The topological polar surface area (TPSA) is 66.5 Å². The van der Waals surface area contributed by atoms with Crippen molar-refractivity contribution in [3.05, 3.63) is 29.8 Å². The predicted octanol–water partition coefficient (Wildman–Crippen LogP) is 2.81. The van der Waals surface area contributed by atoms with Gasteiger partial charge in [0.05, 0.1) is 5.75 Å². The minimum atomic E-state index is -3.14. The minimum absolute atomic E-state index is 0.0144. The molecule has 128 valence electrons. The fraction of sp³-hybridized carbons (Fsp3) is 0.588. The Kier molecular flexibility index (Phi) is 5.81. The van der Waals surface area contributed by atoms with E-state index >= 15 is 0 Å². The third-order valence-electron chi connectivity index (χ3n) is 4.40. The summed E-state index contributed by atoms with van der Waals surface area (Å²) in [5.74, 6) is 0.390. The van der Waals surface area contributed by atoms with Crippen LogP contribution in [0.4, 0.5) is 5.69 Å². The zero-order valence-electron chi connectivity index (χ0n) is 14.1. The maximum atomic E-state index is 12.4. The number of carbonyl (C=O) groups excluding carboxylic acids is 1. The molecule has 6 heteroatoms. The molecule has 23 heavy (non-hydrogen) atoms. The van der Waals surface area contributed by atoms with Gasteiger partial charge in [-0.1, -0.05) is 26.0 Å². The van der Waals surface area contributed by atoms with Crippen molar-refractivity contribution in [2.45, 2.75) is 39.5 Å². The number of rotatable bonds is 5. The first-order valence-electron chi connectivity index (χ1n) is 8.22. The van der Waals surface area contributed by atoms with Crippen LogP contribution in [-0.4, -0.2) is 37.5 Å². The van der Waals surface area contributed by atoms with E-state index in [1.807, 2.05) is 18.2 Å². The van der Waals surface area contributed by atoms with Crippen molar-refractivity contribution in [3.8, 4) is 0 Å². The monoisotopic (exact) mass is 338 g/mol. The number of hydrogen-bond acceptors (Lipinski definition) is 3. The number of anilines is 1. The Morgan fingerprint density at radius 3 is 2.52 bits per heavy atom. The normalized spacial score (nSPS) is 17.4. The third-order valence-corrected chi connectivity index (χ3v) is 6.29. The van der Waals surface area contributed by atoms with Crippen LogP contribution in [0.2, 0.25) is 0 Å². The summed E-state index contributed by atoms with van der Waals surface area (Å²) in [5, 5.41) is 2.97. The molecule has 0 bridgehead atoms. The molecule has 1 saturated heterocycles. The summed E-state index contributed by atoms with van der Waals surface area (Å²) >= 11 is 0. The summed E-state index contributed by atoms with van der Waals surface area (Å²) in [6.45, 7) is 6.74. The van der Waals surface area contributed by atoms with E-state index in [1.165, 1.54) is 9.87 Å². The molecule has 0 aromatic heterocycles. The zero-order valence-corrected chi connectivity index (χ0v) is 14.9. The lowest BCUT2D eigenvalue weighted by atomic mass is 9.97. The zero-order chi connectivity index (χ0) is 17.0. The molecule has 0 spiro atoms. The van der Waals surface area contributed by atoms with Gasteiger partial charge in [0.2, 0.25) is 15.9 Å². The minimum Gasteiger partial charge on any atom is -0.326 e. The van der Waals surface area contributed by atoms with E-state index in [1.54, 1.807) is 6.92 Å². The second-order valence-corrected chi connectivity index (χ2v) is 8.60. The fourth-order valence-corrected chi connectivity index (χ4v) is 3.93. The van der Waals surface area contributed by atoms with Gasteiger partial charge >= 0.3 is 0 Å². The van der Waals surface area contributed by atoms with Crippen molar-refractivity contribution >= 4 is 21.6 Å². The van der Waals surface area contributed by atoms with Gasteiger partial charge in [0.1, 0.15) is 0 Å². The Morgan fingerprint density at radius 1 is 1.30 bits per heavy atom. The van der Waals surface area contributed by atoms with Crippen molar-refractivity contribution in [2.24, 2.45) is 5.92 Å². The van der Waals surface area contributed by atoms with Gasteiger partial charge in [0, 0.05) is 24.7 Å². The molecule has 1 N–H and O–H groups in total. The average Bonchev–Trinajstić information content (AvgIpc) is 2.55. The first-order valence-corrected chi connectivity index (χ1v) is 9.83. The molecule has 5 nitrogen and oxygen atoms in total. The summed E-state index contributed by atoms with van der Waals surface area (Å²) in [4.78, 5) is 12.4.